The van der Waals surface area contributed by atoms with Crippen LogP contribution in [0.4, 0.5) is 11.4 Å². The van der Waals surface area contributed by atoms with Gasteiger partial charge >= 0.3 is 0 Å². The van der Waals surface area contributed by atoms with E-state index in [0.717, 1.165) is 24.5 Å². The average Bonchev–Trinajstić information content (AvgIpc) is 2.15. The Kier molecular flexibility index (Phi) is 3.58. The molecule has 0 aliphatic heterocycles. The Morgan fingerprint density at radius 1 is 1.38 bits per heavy atom. The lowest BCUT2D eigenvalue weighted by atomic mass is 10.2. The Hall–Kier alpha value is -1.22. The van der Waals surface area contributed by atoms with Crippen LogP contribution >= 0.6 is 0 Å². The minimum Gasteiger partial charge on any atom is -0.397 e. The van der Waals surface area contributed by atoms with Crippen molar-refractivity contribution in [2.45, 2.75) is 0 Å². The molecule has 72 valence electrons. The molecule has 13 heavy (non-hydrogen) atoms. The van der Waals surface area contributed by atoms with Crippen LogP contribution in [0.1, 0.15) is 0 Å². The highest BCUT2D eigenvalue weighted by atomic mass is 15.1. The van der Waals surface area contributed by atoms with E-state index in [1.165, 1.54) is 0 Å². The fourth-order valence-corrected chi connectivity index (χ4v) is 1.24. The topological polar surface area (TPSA) is 41.3 Å². The molecule has 0 heterocycles. The molecule has 0 unspecified atom stereocenters. The van der Waals surface area contributed by atoms with Gasteiger partial charge in [0.05, 0.1) is 11.4 Å². The predicted molar refractivity (Wildman–Crippen MR) is 58.1 cm³/mol. The molecule has 3 N–H and O–H groups in total. The zero-order valence-corrected chi connectivity index (χ0v) is 8.25. The Bertz CT molecular complexity index is 260. The van der Waals surface area contributed by atoms with Crippen LogP contribution in [0.15, 0.2) is 24.3 Å². The lowest BCUT2D eigenvalue weighted by Gasteiger charge is -2.20. The number of nitrogens with zero attached hydrogens (tertiary/aromatic N) is 1. The van der Waals surface area contributed by atoms with Gasteiger partial charge in [0, 0.05) is 20.1 Å². The number of hydrogen-bond acceptors (Lipinski definition) is 3. The fraction of sp³-hybridized carbons (Fsp3) is 0.400. The van der Waals surface area contributed by atoms with E-state index in [9.17, 15) is 0 Å². The average molecular weight is 179 g/mol. The van der Waals surface area contributed by atoms with Crippen molar-refractivity contribution in [3.8, 4) is 0 Å². The van der Waals surface area contributed by atoms with Crippen molar-refractivity contribution < 1.29 is 0 Å². The van der Waals surface area contributed by atoms with E-state index in [1.807, 2.05) is 38.4 Å². The standard InChI is InChI=1S/C10H17N3/c1-12-7-8-13(2)10-6-4-3-5-9(10)11/h3-6,12H,7-8,11H2,1-2H3. The molecule has 1 rings (SSSR count). The van der Waals surface area contributed by atoms with Gasteiger partial charge in [0.25, 0.3) is 0 Å². The number of nitrogens with two attached hydrogens (primary N) is 1. The summed E-state index contributed by atoms with van der Waals surface area (Å²) in [5, 5.41) is 3.11. The van der Waals surface area contributed by atoms with E-state index in [-0.39, 0.29) is 0 Å². The molecule has 1 aromatic carbocycles. The van der Waals surface area contributed by atoms with E-state index in [1.54, 1.807) is 0 Å². The van der Waals surface area contributed by atoms with Gasteiger partial charge in [0.15, 0.2) is 0 Å². The Labute approximate surface area is 79.5 Å². The molecule has 1 aromatic rings. The first kappa shape index (κ1) is 9.86. The van der Waals surface area contributed by atoms with E-state index in [2.05, 4.69) is 10.2 Å². The quantitative estimate of drug-likeness (QED) is 0.675. The van der Waals surface area contributed by atoms with Crippen LogP contribution in [-0.4, -0.2) is 27.2 Å². The Morgan fingerprint density at radius 3 is 2.69 bits per heavy atom. The lowest BCUT2D eigenvalue weighted by molar-refractivity contribution is 0.768. The van der Waals surface area contributed by atoms with Gasteiger partial charge in [-0.25, -0.2) is 0 Å². The zero-order valence-electron chi connectivity index (χ0n) is 8.25. The molecule has 0 aliphatic carbocycles. The second-order valence-electron chi connectivity index (χ2n) is 3.08. The highest BCUT2D eigenvalue weighted by Crippen LogP contribution is 2.20. The molecule has 3 nitrogen and oxygen atoms in total. The smallest absolute Gasteiger partial charge is 0.0597 e. The fourth-order valence-electron chi connectivity index (χ4n) is 1.24. The molecule has 0 aromatic heterocycles. The molecule has 0 saturated carbocycles. The van der Waals surface area contributed by atoms with Crippen molar-refractivity contribution in [1.82, 2.24) is 5.32 Å². The summed E-state index contributed by atoms with van der Waals surface area (Å²) in [6, 6.07) is 7.91. The number of nitrogens with one attached hydrogen (secondary N) is 1. The number of nitrogen functional groups attached to an aromatic ring is 1. The van der Waals surface area contributed by atoms with Gasteiger partial charge in [0.2, 0.25) is 0 Å². The summed E-state index contributed by atoms with van der Waals surface area (Å²) in [5.74, 6) is 0. The van der Waals surface area contributed by atoms with Crippen LogP contribution in [0.2, 0.25) is 0 Å². The third kappa shape index (κ3) is 2.63. The van der Waals surface area contributed by atoms with Crippen molar-refractivity contribution in [2.75, 3.05) is 37.8 Å². The number of anilines is 2. The molecule has 0 bridgehead atoms. The lowest BCUT2D eigenvalue weighted by Crippen LogP contribution is -2.27. The number of para-hydroxylation sites is 2. The van der Waals surface area contributed by atoms with Crippen LogP contribution in [-0.2, 0) is 0 Å². The van der Waals surface area contributed by atoms with Gasteiger partial charge in [0.1, 0.15) is 0 Å². The number of likely N-dealkylation sites (N-methyl/N-ethyl adjacent to an activating group) is 2. The van der Waals surface area contributed by atoms with Crippen molar-refractivity contribution in [1.29, 1.82) is 0 Å². The molecule has 0 radical (unpaired) electrons. The van der Waals surface area contributed by atoms with E-state index in [0.29, 0.717) is 0 Å². The van der Waals surface area contributed by atoms with Gasteiger partial charge in [-0.05, 0) is 19.2 Å². The minimum absolute atomic E-state index is 0.834. The largest absolute Gasteiger partial charge is 0.397 e. The predicted octanol–water partition coefficient (Wildman–Crippen LogP) is 0.924. The third-order valence-corrected chi connectivity index (χ3v) is 2.05. The van der Waals surface area contributed by atoms with Crippen molar-refractivity contribution in [2.24, 2.45) is 0 Å². The first-order valence-electron chi connectivity index (χ1n) is 4.46. The molecular weight excluding hydrogens is 162 g/mol. The maximum atomic E-state index is 5.83. The second-order valence-corrected chi connectivity index (χ2v) is 3.08. The molecule has 0 saturated heterocycles. The molecule has 0 spiro atoms. The number of rotatable bonds is 4. The molecule has 0 aliphatic rings. The van der Waals surface area contributed by atoms with Crippen molar-refractivity contribution in [3.05, 3.63) is 24.3 Å². The summed E-state index contributed by atoms with van der Waals surface area (Å²) in [6.07, 6.45) is 0. The van der Waals surface area contributed by atoms with E-state index in [4.69, 9.17) is 5.73 Å². The van der Waals surface area contributed by atoms with E-state index < -0.39 is 0 Å². The van der Waals surface area contributed by atoms with Crippen molar-refractivity contribution >= 4 is 11.4 Å². The van der Waals surface area contributed by atoms with Crippen LogP contribution in [0, 0.1) is 0 Å². The normalized spacial score (nSPS) is 10.0. The molecule has 0 atom stereocenters. The van der Waals surface area contributed by atoms with Crippen LogP contribution < -0.4 is 16.0 Å². The second kappa shape index (κ2) is 4.72. The summed E-state index contributed by atoms with van der Waals surface area (Å²) in [4.78, 5) is 2.14. The Morgan fingerprint density at radius 2 is 2.08 bits per heavy atom. The highest BCUT2D eigenvalue weighted by Gasteiger charge is 2.02. The summed E-state index contributed by atoms with van der Waals surface area (Å²) in [6.45, 7) is 1.93. The van der Waals surface area contributed by atoms with Crippen LogP contribution in [0.5, 0.6) is 0 Å². The molecular formula is C10H17N3. The van der Waals surface area contributed by atoms with Crippen LogP contribution in [0.3, 0.4) is 0 Å². The number of hydrogen-bond donors (Lipinski definition) is 2. The summed E-state index contributed by atoms with van der Waals surface area (Å²) >= 11 is 0. The molecule has 0 fully saturated rings. The molecule has 3 heteroatoms. The van der Waals surface area contributed by atoms with Crippen molar-refractivity contribution in [3.63, 3.8) is 0 Å². The van der Waals surface area contributed by atoms with Gasteiger partial charge < -0.3 is 16.0 Å². The van der Waals surface area contributed by atoms with E-state index >= 15 is 0 Å². The summed E-state index contributed by atoms with van der Waals surface area (Å²) in [5.41, 5.74) is 7.76. The molecule has 0 amide bonds. The third-order valence-electron chi connectivity index (χ3n) is 2.05. The van der Waals surface area contributed by atoms with Gasteiger partial charge in [-0.3, -0.25) is 0 Å². The maximum absolute atomic E-state index is 5.83. The summed E-state index contributed by atoms with van der Waals surface area (Å²) < 4.78 is 0. The highest BCUT2D eigenvalue weighted by molar-refractivity contribution is 5.66. The maximum Gasteiger partial charge on any atom is 0.0597 e. The Balaban J connectivity index is 2.65. The zero-order chi connectivity index (χ0) is 9.68. The SMILES string of the molecule is CNCCN(C)c1ccccc1N. The van der Waals surface area contributed by atoms with Gasteiger partial charge in [-0.1, -0.05) is 12.1 Å². The number of benzene rings is 1. The van der Waals surface area contributed by atoms with Gasteiger partial charge in [-0.15, -0.1) is 0 Å². The first-order chi connectivity index (χ1) is 6.25. The summed E-state index contributed by atoms with van der Waals surface area (Å²) in [7, 11) is 3.99. The minimum atomic E-state index is 0.834. The first-order valence-corrected chi connectivity index (χ1v) is 4.46. The van der Waals surface area contributed by atoms with Crippen LogP contribution in [0.25, 0.3) is 0 Å². The monoisotopic (exact) mass is 179 g/mol. The van der Waals surface area contributed by atoms with Gasteiger partial charge in [-0.2, -0.15) is 0 Å².